The van der Waals surface area contributed by atoms with Crippen molar-refractivity contribution >= 4 is 0 Å². The average molecular weight is 209 g/mol. The SMILES string of the molecule is COc1cc(C)c(OC)c(C(C)(C)N)c1. The van der Waals surface area contributed by atoms with E-state index in [1.807, 2.05) is 32.9 Å². The van der Waals surface area contributed by atoms with Gasteiger partial charge in [-0.05, 0) is 38.5 Å². The molecule has 0 spiro atoms. The first-order valence-corrected chi connectivity index (χ1v) is 4.92. The normalized spacial score (nSPS) is 11.3. The third kappa shape index (κ3) is 2.42. The van der Waals surface area contributed by atoms with Gasteiger partial charge >= 0.3 is 0 Å². The number of aryl methyl sites for hydroxylation is 1. The van der Waals surface area contributed by atoms with Crippen LogP contribution < -0.4 is 15.2 Å². The molecule has 0 heterocycles. The standard InChI is InChI=1S/C12H19NO2/c1-8-6-9(14-4)7-10(11(8)15-5)12(2,3)13/h6-7H,13H2,1-5H3. The van der Waals surface area contributed by atoms with E-state index in [9.17, 15) is 0 Å². The molecule has 0 aliphatic heterocycles. The van der Waals surface area contributed by atoms with Gasteiger partial charge in [0.25, 0.3) is 0 Å². The van der Waals surface area contributed by atoms with E-state index < -0.39 is 5.54 Å². The lowest BCUT2D eigenvalue weighted by Gasteiger charge is -2.24. The molecular weight excluding hydrogens is 190 g/mol. The molecule has 0 unspecified atom stereocenters. The van der Waals surface area contributed by atoms with Gasteiger partial charge in [0.2, 0.25) is 0 Å². The molecule has 0 saturated heterocycles. The van der Waals surface area contributed by atoms with Crippen LogP contribution in [0, 0.1) is 6.92 Å². The Labute approximate surface area is 91.2 Å². The Kier molecular flexibility index (Phi) is 3.25. The summed E-state index contributed by atoms with van der Waals surface area (Å²) in [4.78, 5) is 0. The zero-order valence-electron chi connectivity index (χ0n) is 10.0. The molecule has 84 valence electrons. The molecule has 1 rings (SSSR count). The van der Waals surface area contributed by atoms with E-state index in [1.54, 1.807) is 14.2 Å². The van der Waals surface area contributed by atoms with Crippen molar-refractivity contribution in [2.45, 2.75) is 26.3 Å². The lowest BCUT2D eigenvalue weighted by molar-refractivity contribution is 0.382. The summed E-state index contributed by atoms with van der Waals surface area (Å²) in [6, 6.07) is 3.86. The van der Waals surface area contributed by atoms with Crippen molar-refractivity contribution in [3.63, 3.8) is 0 Å². The first kappa shape index (κ1) is 11.9. The van der Waals surface area contributed by atoms with E-state index in [4.69, 9.17) is 15.2 Å². The van der Waals surface area contributed by atoms with Gasteiger partial charge in [-0.25, -0.2) is 0 Å². The highest BCUT2D eigenvalue weighted by Crippen LogP contribution is 2.34. The molecule has 0 bridgehead atoms. The fraction of sp³-hybridized carbons (Fsp3) is 0.500. The molecule has 3 nitrogen and oxygen atoms in total. The van der Waals surface area contributed by atoms with Crippen molar-refractivity contribution < 1.29 is 9.47 Å². The number of methoxy groups -OCH3 is 2. The van der Waals surface area contributed by atoms with Crippen LogP contribution in [0.5, 0.6) is 11.5 Å². The van der Waals surface area contributed by atoms with Crippen LogP contribution >= 0.6 is 0 Å². The molecule has 2 N–H and O–H groups in total. The maximum absolute atomic E-state index is 6.09. The zero-order valence-corrected chi connectivity index (χ0v) is 10.0. The van der Waals surface area contributed by atoms with Crippen molar-refractivity contribution in [2.75, 3.05) is 14.2 Å². The highest BCUT2D eigenvalue weighted by molar-refractivity contribution is 5.49. The third-order valence-corrected chi connectivity index (χ3v) is 2.38. The van der Waals surface area contributed by atoms with Crippen LogP contribution in [-0.2, 0) is 5.54 Å². The Hall–Kier alpha value is -1.22. The summed E-state index contributed by atoms with van der Waals surface area (Å²) in [5.41, 5.74) is 7.64. The summed E-state index contributed by atoms with van der Waals surface area (Å²) in [6.07, 6.45) is 0. The Balaban J connectivity index is 3.39. The van der Waals surface area contributed by atoms with Crippen LogP contribution in [0.1, 0.15) is 25.0 Å². The predicted octanol–water partition coefficient (Wildman–Crippen LogP) is 2.21. The molecule has 0 saturated carbocycles. The van der Waals surface area contributed by atoms with E-state index in [2.05, 4.69) is 0 Å². The van der Waals surface area contributed by atoms with Crippen LogP contribution in [0.4, 0.5) is 0 Å². The van der Waals surface area contributed by atoms with Gasteiger partial charge in [-0.2, -0.15) is 0 Å². The molecule has 3 heteroatoms. The summed E-state index contributed by atoms with van der Waals surface area (Å²) < 4.78 is 10.6. The third-order valence-electron chi connectivity index (χ3n) is 2.38. The van der Waals surface area contributed by atoms with Gasteiger partial charge in [-0.1, -0.05) is 0 Å². The second-order valence-corrected chi connectivity index (χ2v) is 4.25. The topological polar surface area (TPSA) is 44.5 Å². The maximum atomic E-state index is 6.09. The van der Waals surface area contributed by atoms with Crippen molar-refractivity contribution in [1.29, 1.82) is 0 Å². The van der Waals surface area contributed by atoms with Gasteiger partial charge < -0.3 is 15.2 Å². The van der Waals surface area contributed by atoms with Crippen molar-refractivity contribution in [2.24, 2.45) is 5.73 Å². The molecule has 0 radical (unpaired) electrons. The smallest absolute Gasteiger partial charge is 0.127 e. The number of ether oxygens (including phenoxy) is 2. The summed E-state index contributed by atoms with van der Waals surface area (Å²) >= 11 is 0. The Morgan fingerprint density at radius 2 is 1.73 bits per heavy atom. The molecule has 0 aliphatic carbocycles. The van der Waals surface area contributed by atoms with E-state index in [0.717, 1.165) is 22.6 Å². The molecule has 0 atom stereocenters. The number of rotatable bonds is 3. The van der Waals surface area contributed by atoms with Crippen molar-refractivity contribution in [1.82, 2.24) is 0 Å². The molecule has 1 aromatic carbocycles. The zero-order chi connectivity index (χ0) is 11.6. The first-order chi connectivity index (χ1) is 6.90. The summed E-state index contributed by atoms with van der Waals surface area (Å²) in [5, 5.41) is 0. The van der Waals surface area contributed by atoms with E-state index in [-0.39, 0.29) is 0 Å². The summed E-state index contributed by atoms with van der Waals surface area (Å²) in [5.74, 6) is 1.64. The van der Waals surface area contributed by atoms with Gasteiger partial charge in [-0.15, -0.1) is 0 Å². The Bertz CT molecular complexity index is 353. The van der Waals surface area contributed by atoms with Crippen LogP contribution in [0.15, 0.2) is 12.1 Å². The van der Waals surface area contributed by atoms with Gasteiger partial charge in [0, 0.05) is 11.1 Å². The number of nitrogens with two attached hydrogens (primary N) is 1. The van der Waals surface area contributed by atoms with E-state index in [1.165, 1.54) is 0 Å². The van der Waals surface area contributed by atoms with E-state index in [0.29, 0.717) is 0 Å². The second-order valence-electron chi connectivity index (χ2n) is 4.25. The van der Waals surface area contributed by atoms with Crippen LogP contribution in [0.25, 0.3) is 0 Å². The Morgan fingerprint density at radius 1 is 1.13 bits per heavy atom. The fourth-order valence-electron chi connectivity index (χ4n) is 1.61. The molecule has 15 heavy (non-hydrogen) atoms. The quantitative estimate of drug-likeness (QED) is 0.830. The minimum absolute atomic E-state index is 0.440. The van der Waals surface area contributed by atoms with Crippen LogP contribution in [-0.4, -0.2) is 14.2 Å². The molecular formula is C12H19NO2. The maximum Gasteiger partial charge on any atom is 0.127 e. The van der Waals surface area contributed by atoms with E-state index >= 15 is 0 Å². The minimum Gasteiger partial charge on any atom is -0.497 e. The van der Waals surface area contributed by atoms with Gasteiger partial charge in [-0.3, -0.25) is 0 Å². The van der Waals surface area contributed by atoms with Crippen molar-refractivity contribution in [3.8, 4) is 11.5 Å². The molecule has 0 aromatic heterocycles. The minimum atomic E-state index is -0.440. The molecule has 0 amide bonds. The highest BCUT2D eigenvalue weighted by atomic mass is 16.5. The summed E-state index contributed by atoms with van der Waals surface area (Å²) in [6.45, 7) is 5.88. The van der Waals surface area contributed by atoms with Crippen LogP contribution in [0.3, 0.4) is 0 Å². The van der Waals surface area contributed by atoms with Crippen molar-refractivity contribution in [3.05, 3.63) is 23.3 Å². The van der Waals surface area contributed by atoms with Gasteiger partial charge in [0.1, 0.15) is 11.5 Å². The number of hydrogen-bond acceptors (Lipinski definition) is 3. The molecule has 0 aliphatic rings. The second kappa shape index (κ2) is 4.11. The number of hydrogen-bond donors (Lipinski definition) is 1. The Morgan fingerprint density at radius 3 is 2.13 bits per heavy atom. The number of benzene rings is 1. The lowest BCUT2D eigenvalue weighted by Crippen LogP contribution is -2.29. The average Bonchev–Trinajstić information content (AvgIpc) is 2.15. The highest BCUT2D eigenvalue weighted by Gasteiger charge is 2.21. The van der Waals surface area contributed by atoms with Gasteiger partial charge in [0.05, 0.1) is 14.2 Å². The molecule has 1 aromatic rings. The summed E-state index contributed by atoms with van der Waals surface area (Å²) in [7, 11) is 3.30. The monoisotopic (exact) mass is 209 g/mol. The fourth-order valence-corrected chi connectivity index (χ4v) is 1.61. The largest absolute Gasteiger partial charge is 0.497 e. The van der Waals surface area contributed by atoms with Crippen LogP contribution in [0.2, 0.25) is 0 Å². The predicted molar refractivity (Wildman–Crippen MR) is 61.5 cm³/mol. The van der Waals surface area contributed by atoms with Gasteiger partial charge in [0.15, 0.2) is 0 Å². The first-order valence-electron chi connectivity index (χ1n) is 4.92. The molecule has 0 fully saturated rings. The lowest BCUT2D eigenvalue weighted by atomic mass is 9.92.